The van der Waals surface area contributed by atoms with Crippen molar-refractivity contribution in [2.45, 2.75) is 13.3 Å². The SMILES string of the molecule is CC1(CN)CCN(C(=O)c2ccc([N+](=O)[O-])cc2Br)C1.Cl. The molecule has 1 aliphatic rings. The zero-order chi connectivity index (χ0) is 14.9. The summed E-state index contributed by atoms with van der Waals surface area (Å²) in [5, 5.41) is 10.7. The molecule has 2 rings (SSSR count). The van der Waals surface area contributed by atoms with Crippen LogP contribution < -0.4 is 5.73 Å². The lowest BCUT2D eigenvalue weighted by atomic mass is 9.90. The highest BCUT2D eigenvalue weighted by Gasteiger charge is 2.35. The molecule has 8 heteroatoms. The number of likely N-dealkylation sites (tertiary alicyclic amines) is 1. The number of nitro benzene ring substituents is 1. The van der Waals surface area contributed by atoms with E-state index in [1.54, 1.807) is 4.90 Å². The van der Waals surface area contributed by atoms with E-state index in [2.05, 4.69) is 22.9 Å². The molecule has 1 fully saturated rings. The summed E-state index contributed by atoms with van der Waals surface area (Å²) in [5.74, 6) is -0.121. The van der Waals surface area contributed by atoms with Crippen LogP contribution in [0.15, 0.2) is 22.7 Å². The summed E-state index contributed by atoms with van der Waals surface area (Å²) in [6, 6.07) is 4.18. The Morgan fingerprint density at radius 3 is 2.71 bits per heavy atom. The lowest BCUT2D eigenvalue weighted by molar-refractivity contribution is -0.384. The monoisotopic (exact) mass is 377 g/mol. The number of nitrogens with two attached hydrogens (primary N) is 1. The van der Waals surface area contributed by atoms with Gasteiger partial charge in [-0.2, -0.15) is 0 Å². The van der Waals surface area contributed by atoms with Crippen LogP contribution >= 0.6 is 28.3 Å². The van der Waals surface area contributed by atoms with Gasteiger partial charge >= 0.3 is 0 Å². The number of carbonyl (C=O) groups is 1. The zero-order valence-corrected chi connectivity index (χ0v) is 13.9. The number of amides is 1. The van der Waals surface area contributed by atoms with Gasteiger partial charge in [-0.3, -0.25) is 14.9 Å². The van der Waals surface area contributed by atoms with E-state index in [0.29, 0.717) is 29.7 Å². The lowest BCUT2D eigenvalue weighted by Gasteiger charge is -2.22. The molecule has 0 spiro atoms. The Hall–Kier alpha value is -1.18. The number of hydrogen-bond acceptors (Lipinski definition) is 4. The fraction of sp³-hybridized carbons (Fsp3) is 0.462. The van der Waals surface area contributed by atoms with E-state index in [1.807, 2.05) is 0 Å². The Labute approximate surface area is 137 Å². The molecular weight excluding hydrogens is 362 g/mol. The van der Waals surface area contributed by atoms with Crippen LogP contribution in [0.3, 0.4) is 0 Å². The van der Waals surface area contributed by atoms with Gasteiger partial charge in [-0.25, -0.2) is 0 Å². The number of hydrogen-bond donors (Lipinski definition) is 1. The number of nitrogens with zero attached hydrogens (tertiary/aromatic N) is 2. The van der Waals surface area contributed by atoms with Gasteiger partial charge in [-0.05, 0) is 40.4 Å². The highest BCUT2D eigenvalue weighted by Crippen LogP contribution is 2.31. The summed E-state index contributed by atoms with van der Waals surface area (Å²) in [5.41, 5.74) is 6.09. The highest BCUT2D eigenvalue weighted by atomic mass is 79.9. The van der Waals surface area contributed by atoms with Crippen molar-refractivity contribution in [3.63, 3.8) is 0 Å². The van der Waals surface area contributed by atoms with E-state index in [1.165, 1.54) is 18.2 Å². The number of nitro groups is 1. The Balaban J connectivity index is 0.00000220. The van der Waals surface area contributed by atoms with Crippen molar-refractivity contribution >= 4 is 39.9 Å². The van der Waals surface area contributed by atoms with Gasteiger partial charge in [0.15, 0.2) is 0 Å². The first-order chi connectivity index (χ1) is 9.36. The molecule has 0 bridgehead atoms. The molecule has 1 atom stereocenters. The number of rotatable bonds is 3. The van der Waals surface area contributed by atoms with E-state index in [9.17, 15) is 14.9 Å². The third kappa shape index (κ3) is 3.72. The average molecular weight is 379 g/mol. The van der Waals surface area contributed by atoms with Gasteiger partial charge in [-0.1, -0.05) is 6.92 Å². The van der Waals surface area contributed by atoms with Crippen LogP contribution in [0.2, 0.25) is 0 Å². The van der Waals surface area contributed by atoms with Crippen LogP contribution in [0.25, 0.3) is 0 Å². The molecular formula is C13H17BrClN3O3. The minimum atomic E-state index is -0.486. The first-order valence-electron chi connectivity index (χ1n) is 6.29. The molecule has 1 heterocycles. The average Bonchev–Trinajstić information content (AvgIpc) is 2.81. The van der Waals surface area contributed by atoms with Gasteiger partial charge in [0.05, 0.1) is 10.5 Å². The molecule has 21 heavy (non-hydrogen) atoms. The van der Waals surface area contributed by atoms with Gasteiger partial charge in [0.25, 0.3) is 11.6 Å². The van der Waals surface area contributed by atoms with Gasteiger partial charge in [0.1, 0.15) is 0 Å². The third-order valence-electron chi connectivity index (χ3n) is 3.73. The Morgan fingerprint density at radius 1 is 1.57 bits per heavy atom. The van der Waals surface area contributed by atoms with Gasteiger partial charge in [0, 0.05) is 29.7 Å². The van der Waals surface area contributed by atoms with E-state index in [0.717, 1.165) is 6.42 Å². The molecule has 6 nitrogen and oxygen atoms in total. The number of non-ortho nitro benzene ring substituents is 1. The summed E-state index contributed by atoms with van der Waals surface area (Å²) < 4.78 is 0.443. The summed E-state index contributed by atoms with van der Waals surface area (Å²) >= 11 is 3.23. The Kier molecular flexibility index (Phi) is 5.72. The molecule has 2 N–H and O–H groups in total. The molecule has 0 aromatic heterocycles. The second-order valence-corrected chi connectivity index (χ2v) is 6.27. The normalized spacial score (nSPS) is 21.0. The summed E-state index contributed by atoms with van der Waals surface area (Å²) in [6.45, 7) is 3.88. The van der Waals surface area contributed by atoms with Crippen molar-refractivity contribution in [1.29, 1.82) is 0 Å². The van der Waals surface area contributed by atoms with Crippen molar-refractivity contribution in [1.82, 2.24) is 4.90 Å². The molecule has 116 valence electrons. The second kappa shape index (κ2) is 6.72. The predicted octanol–water partition coefficient (Wildman–Crippen LogP) is 2.59. The van der Waals surface area contributed by atoms with Gasteiger partial charge < -0.3 is 10.6 Å². The van der Waals surface area contributed by atoms with E-state index < -0.39 is 4.92 Å². The van der Waals surface area contributed by atoms with Crippen LogP contribution in [-0.2, 0) is 0 Å². The zero-order valence-electron chi connectivity index (χ0n) is 11.5. The van der Waals surface area contributed by atoms with E-state index in [4.69, 9.17) is 5.73 Å². The molecule has 1 aliphatic heterocycles. The smallest absolute Gasteiger partial charge is 0.270 e. The second-order valence-electron chi connectivity index (χ2n) is 5.41. The molecule has 1 unspecified atom stereocenters. The summed E-state index contributed by atoms with van der Waals surface area (Å²) in [6.07, 6.45) is 0.875. The maximum Gasteiger partial charge on any atom is 0.270 e. The van der Waals surface area contributed by atoms with Crippen molar-refractivity contribution < 1.29 is 9.72 Å². The summed E-state index contributed by atoms with van der Waals surface area (Å²) in [7, 11) is 0. The fourth-order valence-corrected chi connectivity index (χ4v) is 2.86. The van der Waals surface area contributed by atoms with Gasteiger partial charge in [0.2, 0.25) is 0 Å². The minimum absolute atomic E-state index is 0. The Morgan fingerprint density at radius 2 is 2.24 bits per heavy atom. The van der Waals surface area contributed by atoms with Crippen LogP contribution in [0.5, 0.6) is 0 Å². The van der Waals surface area contributed by atoms with Crippen molar-refractivity contribution in [3.8, 4) is 0 Å². The topological polar surface area (TPSA) is 89.5 Å². The molecule has 1 amide bonds. The molecule has 0 radical (unpaired) electrons. The number of benzene rings is 1. The molecule has 1 aromatic rings. The van der Waals surface area contributed by atoms with Crippen LogP contribution in [-0.4, -0.2) is 35.4 Å². The number of halogens is 2. The van der Waals surface area contributed by atoms with Crippen molar-refractivity contribution in [3.05, 3.63) is 38.3 Å². The fourth-order valence-electron chi connectivity index (χ4n) is 2.33. The largest absolute Gasteiger partial charge is 0.338 e. The van der Waals surface area contributed by atoms with Crippen LogP contribution in [0, 0.1) is 15.5 Å². The van der Waals surface area contributed by atoms with Gasteiger partial charge in [-0.15, -0.1) is 12.4 Å². The van der Waals surface area contributed by atoms with E-state index in [-0.39, 0.29) is 29.4 Å². The molecule has 0 aliphatic carbocycles. The van der Waals surface area contributed by atoms with Crippen molar-refractivity contribution in [2.75, 3.05) is 19.6 Å². The van der Waals surface area contributed by atoms with Crippen molar-refractivity contribution in [2.24, 2.45) is 11.1 Å². The predicted molar refractivity (Wildman–Crippen MR) is 85.7 cm³/mol. The Bertz CT molecular complexity index is 570. The first-order valence-corrected chi connectivity index (χ1v) is 7.09. The number of carbonyl (C=O) groups excluding carboxylic acids is 1. The highest BCUT2D eigenvalue weighted by molar-refractivity contribution is 9.10. The standard InChI is InChI=1S/C13H16BrN3O3.ClH/c1-13(7-15)4-5-16(8-13)12(18)10-3-2-9(17(19)20)6-11(10)14;/h2-3,6H,4-5,7-8,15H2,1H3;1H. The molecule has 0 saturated carbocycles. The van der Waals surface area contributed by atoms with Crippen LogP contribution in [0.1, 0.15) is 23.7 Å². The summed E-state index contributed by atoms with van der Waals surface area (Å²) in [4.78, 5) is 24.4. The quantitative estimate of drug-likeness (QED) is 0.646. The maximum absolute atomic E-state index is 12.4. The molecule has 1 aromatic carbocycles. The maximum atomic E-state index is 12.4. The minimum Gasteiger partial charge on any atom is -0.338 e. The molecule has 1 saturated heterocycles. The lowest BCUT2D eigenvalue weighted by Crippen LogP contribution is -2.34. The van der Waals surface area contributed by atoms with Crippen LogP contribution in [0.4, 0.5) is 5.69 Å². The van der Waals surface area contributed by atoms with E-state index >= 15 is 0 Å². The third-order valence-corrected chi connectivity index (χ3v) is 4.39. The first kappa shape index (κ1) is 17.9.